The van der Waals surface area contributed by atoms with Gasteiger partial charge in [-0.3, -0.25) is 4.79 Å². The molecule has 1 aliphatic rings. The maximum Gasteiger partial charge on any atom is 0.264 e. The fourth-order valence-corrected chi connectivity index (χ4v) is 3.82. The van der Waals surface area contributed by atoms with Crippen molar-refractivity contribution in [1.29, 1.82) is 0 Å². The van der Waals surface area contributed by atoms with Crippen molar-refractivity contribution in [1.82, 2.24) is 25.1 Å². The highest BCUT2D eigenvalue weighted by Gasteiger charge is 2.25. The number of nitrogens with one attached hydrogen (secondary N) is 1. The third-order valence-corrected chi connectivity index (χ3v) is 5.49. The predicted octanol–water partition coefficient (Wildman–Crippen LogP) is 0.409. The number of amides is 1. The van der Waals surface area contributed by atoms with E-state index in [0.717, 1.165) is 42.4 Å². The zero-order valence-corrected chi connectivity index (χ0v) is 15.9. The molecule has 0 unspecified atom stereocenters. The quantitative estimate of drug-likeness (QED) is 0.688. The van der Waals surface area contributed by atoms with E-state index in [-0.39, 0.29) is 5.91 Å². The lowest BCUT2D eigenvalue weighted by Crippen LogP contribution is -3.14. The summed E-state index contributed by atoms with van der Waals surface area (Å²) in [5.41, 5.74) is 0.877. The molecule has 1 N–H and O–H groups in total. The molecule has 4 rings (SSSR count). The number of hydrogen-bond donors (Lipinski definition) is 1. The second-order valence-corrected chi connectivity index (χ2v) is 7.34. The Morgan fingerprint density at radius 1 is 1.26 bits per heavy atom. The third-order valence-electron chi connectivity index (χ3n) is 4.64. The van der Waals surface area contributed by atoms with Gasteiger partial charge in [-0.1, -0.05) is 18.2 Å². The van der Waals surface area contributed by atoms with E-state index in [1.165, 1.54) is 16.2 Å². The SMILES string of the molecule is COc1cccc(-c2nnn(C[NH+]3CCN(C(=O)c4cccs4)CC3)n2)c1. The summed E-state index contributed by atoms with van der Waals surface area (Å²) in [6.45, 7) is 3.85. The van der Waals surface area contributed by atoms with E-state index < -0.39 is 0 Å². The van der Waals surface area contributed by atoms with Crippen molar-refractivity contribution >= 4 is 17.2 Å². The minimum atomic E-state index is 0.128. The van der Waals surface area contributed by atoms with Crippen molar-refractivity contribution in [3.63, 3.8) is 0 Å². The van der Waals surface area contributed by atoms with Crippen LogP contribution in [-0.2, 0) is 6.67 Å². The highest BCUT2D eigenvalue weighted by Crippen LogP contribution is 2.19. The Morgan fingerprint density at radius 3 is 2.85 bits per heavy atom. The highest BCUT2D eigenvalue weighted by atomic mass is 32.1. The number of methoxy groups -OCH3 is 1. The van der Waals surface area contributed by atoms with Crippen LogP contribution in [0.5, 0.6) is 5.75 Å². The Bertz CT molecular complexity index is 902. The van der Waals surface area contributed by atoms with Crippen LogP contribution in [0.1, 0.15) is 9.67 Å². The van der Waals surface area contributed by atoms with Crippen molar-refractivity contribution in [2.75, 3.05) is 33.3 Å². The van der Waals surface area contributed by atoms with Crippen molar-refractivity contribution in [2.24, 2.45) is 0 Å². The number of nitrogens with zero attached hydrogens (tertiary/aromatic N) is 5. The maximum absolute atomic E-state index is 12.4. The first-order chi connectivity index (χ1) is 13.2. The summed E-state index contributed by atoms with van der Waals surface area (Å²) in [7, 11) is 1.63. The van der Waals surface area contributed by atoms with Gasteiger partial charge in [0.2, 0.25) is 5.82 Å². The van der Waals surface area contributed by atoms with Crippen molar-refractivity contribution in [2.45, 2.75) is 6.67 Å². The molecule has 8 nitrogen and oxygen atoms in total. The van der Waals surface area contributed by atoms with Crippen LogP contribution in [0, 0.1) is 0 Å². The van der Waals surface area contributed by atoms with Gasteiger partial charge >= 0.3 is 0 Å². The molecule has 3 heterocycles. The smallest absolute Gasteiger partial charge is 0.264 e. The lowest BCUT2D eigenvalue weighted by molar-refractivity contribution is -0.927. The number of ether oxygens (including phenoxy) is 1. The molecule has 1 aromatic carbocycles. The molecule has 1 aliphatic heterocycles. The Kier molecular flexibility index (Phi) is 5.12. The zero-order chi connectivity index (χ0) is 18.6. The number of tetrazole rings is 1. The number of piperazine rings is 1. The molecule has 2 aromatic heterocycles. The number of hydrogen-bond acceptors (Lipinski definition) is 6. The number of carbonyl (C=O) groups is 1. The first kappa shape index (κ1) is 17.6. The molecule has 0 aliphatic carbocycles. The summed E-state index contributed by atoms with van der Waals surface area (Å²) in [4.78, 5) is 18.1. The standard InChI is InChI=1S/C18H20N6O2S/c1-26-15-5-2-4-14(12-15)17-19-21-24(20-17)13-22-7-9-23(10-8-22)18(25)16-6-3-11-27-16/h2-6,11-12H,7-10,13H2,1H3/p+1. The first-order valence-electron chi connectivity index (χ1n) is 8.81. The summed E-state index contributed by atoms with van der Waals surface area (Å²) in [6, 6.07) is 11.4. The largest absolute Gasteiger partial charge is 0.497 e. The fraction of sp³-hybridized carbons (Fsp3) is 0.333. The van der Waals surface area contributed by atoms with E-state index in [9.17, 15) is 4.79 Å². The lowest BCUT2D eigenvalue weighted by atomic mass is 10.2. The zero-order valence-electron chi connectivity index (χ0n) is 15.0. The Labute approximate surface area is 161 Å². The molecule has 27 heavy (non-hydrogen) atoms. The van der Waals surface area contributed by atoms with Crippen LogP contribution < -0.4 is 9.64 Å². The Morgan fingerprint density at radius 2 is 2.11 bits per heavy atom. The van der Waals surface area contributed by atoms with E-state index in [1.54, 1.807) is 11.9 Å². The van der Waals surface area contributed by atoms with Gasteiger partial charge in [-0.2, -0.15) is 0 Å². The summed E-state index contributed by atoms with van der Waals surface area (Å²) >= 11 is 1.49. The van der Waals surface area contributed by atoms with Gasteiger partial charge in [-0.25, -0.2) is 0 Å². The van der Waals surface area contributed by atoms with Gasteiger partial charge in [0.15, 0.2) is 6.67 Å². The monoisotopic (exact) mass is 385 g/mol. The second kappa shape index (κ2) is 7.85. The summed E-state index contributed by atoms with van der Waals surface area (Å²) in [6.07, 6.45) is 0. The number of aromatic nitrogens is 4. The maximum atomic E-state index is 12.4. The molecular formula is C18H21N6O2S+. The minimum absolute atomic E-state index is 0.128. The number of carbonyl (C=O) groups excluding carboxylic acids is 1. The molecule has 9 heteroatoms. The molecule has 140 valence electrons. The fourth-order valence-electron chi connectivity index (χ4n) is 3.13. The molecule has 0 saturated carbocycles. The molecular weight excluding hydrogens is 364 g/mol. The van der Waals surface area contributed by atoms with Crippen LogP contribution in [0.4, 0.5) is 0 Å². The molecule has 1 amide bonds. The van der Waals surface area contributed by atoms with Gasteiger partial charge in [0, 0.05) is 5.56 Å². The molecule has 0 bridgehead atoms. The van der Waals surface area contributed by atoms with Crippen LogP contribution in [0.15, 0.2) is 41.8 Å². The molecule has 1 saturated heterocycles. The van der Waals surface area contributed by atoms with Gasteiger partial charge in [-0.05, 0) is 28.8 Å². The van der Waals surface area contributed by atoms with Crippen LogP contribution in [-0.4, -0.2) is 64.3 Å². The summed E-state index contributed by atoms with van der Waals surface area (Å²) < 4.78 is 5.24. The van der Waals surface area contributed by atoms with Crippen molar-refractivity contribution in [3.8, 4) is 17.1 Å². The lowest BCUT2D eigenvalue weighted by Gasteiger charge is -2.31. The van der Waals surface area contributed by atoms with E-state index in [0.29, 0.717) is 12.5 Å². The normalized spacial score (nSPS) is 15.1. The van der Waals surface area contributed by atoms with Crippen molar-refractivity contribution < 1.29 is 14.4 Å². The topological polar surface area (TPSA) is 77.6 Å². The predicted molar refractivity (Wildman–Crippen MR) is 101 cm³/mol. The van der Waals surface area contributed by atoms with Crippen LogP contribution in [0.3, 0.4) is 0 Å². The van der Waals surface area contributed by atoms with Crippen LogP contribution >= 0.6 is 11.3 Å². The Hall–Kier alpha value is -2.78. The van der Waals surface area contributed by atoms with E-state index in [1.807, 2.05) is 46.7 Å². The highest BCUT2D eigenvalue weighted by molar-refractivity contribution is 7.12. The Balaban J connectivity index is 1.34. The minimum Gasteiger partial charge on any atom is -0.497 e. The molecule has 0 spiro atoms. The number of quaternary nitrogens is 1. The number of thiophene rings is 1. The number of rotatable bonds is 5. The van der Waals surface area contributed by atoms with Gasteiger partial charge in [-0.15, -0.1) is 26.3 Å². The van der Waals surface area contributed by atoms with Crippen LogP contribution in [0.25, 0.3) is 11.4 Å². The van der Waals surface area contributed by atoms with E-state index >= 15 is 0 Å². The van der Waals surface area contributed by atoms with Gasteiger partial charge in [0.05, 0.1) is 38.2 Å². The van der Waals surface area contributed by atoms with E-state index in [2.05, 4.69) is 15.4 Å². The van der Waals surface area contributed by atoms with Crippen molar-refractivity contribution in [3.05, 3.63) is 46.7 Å². The molecule has 1 fully saturated rings. The second-order valence-electron chi connectivity index (χ2n) is 6.39. The average Bonchev–Trinajstić information content (AvgIpc) is 3.40. The summed E-state index contributed by atoms with van der Waals surface area (Å²) in [5.74, 6) is 1.48. The molecule has 3 aromatic rings. The van der Waals surface area contributed by atoms with Gasteiger partial charge in [0.25, 0.3) is 5.91 Å². The van der Waals surface area contributed by atoms with E-state index in [4.69, 9.17) is 4.74 Å². The average molecular weight is 385 g/mol. The molecule has 0 radical (unpaired) electrons. The first-order valence-corrected chi connectivity index (χ1v) is 9.69. The van der Waals surface area contributed by atoms with Crippen LogP contribution in [0.2, 0.25) is 0 Å². The van der Waals surface area contributed by atoms with Gasteiger partial charge < -0.3 is 14.5 Å². The molecule has 0 atom stereocenters. The summed E-state index contributed by atoms with van der Waals surface area (Å²) in [5, 5.41) is 14.7. The third kappa shape index (κ3) is 3.99. The van der Waals surface area contributed by atoms with Gasteiger partial charge in [0.1, 0.15) is 5.75 Å². The number of benzene rings is 1.